The Kier molecular flexibility index (Phi) is 3.67. The van der Waals surface area contributed by atoms with E-state index in [1.165, 1.54) is 12.1 Å². The Labute approximate surface area is 104 Å². The topological polar surface area (TPSA) is 38.9 Å². The zero-order valence-electron chi connectivity index (χ0n) is 10.0. The fraction of sp³-hybridized carbons (Fsp3) is 0.214. The van der Waals surface area contributed by atoms with Crippen LogP contribution in [-0.4, -0.2) is 4.98 Å². The summed E-state index contributed by atoms with van der Waals surface area (Å²) in [6.07, 6.45) is 2.06. The normalized spacial score (nSPS) is 12.4. The van der Waals surface area contributed by atoms with E-state index in [4.69, 9.17) is 5.73 Å². The molecule has 1 atom stereocenters. The Balaban J connectivity index is 2.18. The molecule has 0 fully saturated rings. The van der Waals surface area contributed by atoms with Gasteiger partial charge in [-0.15, -0.1) is 0 Å². The summed E-state index contributed by atoms with van der Waals surface area (Å²) in [4.78, 5) is 4.08. The van der Waals surface area contributed by atoms with Crippen molar-refractivity contribution in [2.24, 2.45) is 5.73 Å². The van der Waals surface area contributed by atoms with Crippen LogP contribution in [0, 0.1) is 18.6 Å². The molecule has 2 aromatic rings. The predicted molar refractivity (Wildman–Crippen MR) is 66.0 cm³/mol. The van der Waals surface area contributed by atoms with Crippen molar-refractivity contribution < 1.29 is 8.78 Å². The van der Waals surface area contributed by atoms with E-state index in [0.29, 0.717) is 12.0 Å². The number of pyridine rings is 1. The van der Waals surface area contributed by atoms with Gasteiger partial charge in [-0.25, -0.2) is 8.78 Å². The van der Waals surface area contributed by atoms with Gasteiger partial charge < -0.3 is 5.73 Å². The first-order chi connectivity index (χ1) is 8.54. The van der Waals surface area contributed by atoms with Gasteiger partial charge in [-0.3, -0.25) is 4.98 Å². The van der Waals surface area contributed by atoms with Crippen LogP contribution in [0.25, 0.3) is 0 Å². The van der Waals surface area contributed by atoms with E-state index in [1.807, 2.05) is 19.1 Å². The molecule has 2 nitrogen and oxygen atoms in total. The highest BCUT2D eigenvalue weighted by molar-refractivity contribution is 5.24. The number of aromatic nitrogens is 1. The lowest BCUT2D eigenvalue weighted by Gasteiger charge is -2.12. The summed E-state index contributed by atoms with van der Waals surface area (Å²) in [6, 6.07) is 6.85. The van der Waals surface area contributed by atoms with E-state index >= 15 is 0 Å². The van der Waals surface area contributed by atoms with Gasteiger partial charge in [-0.2, -0.15) is 0 Å². The monoisotopic (exact) mass is 248 g/mol. The fourth-order valence-corrected chi connectivity index (χ4v) is 1.90. The molecule has 1 aromatic carbocycles. The van der Waals surface area contributed by atoms with Gasteiger partial charge in [0.15, 0.2) is 0 Å². The Morgan fingerprint density at radius 3 is 2.44 bits per heavy atom. The first kappa shape index (κ1) is 12.6. The molecule has 94 valence electrons. The largest absolute Gasteiger partial charge is 0.324 e. The van der Waals surface area contributed by atoms with E-state index in [9.17, 15) is 8.78 Å². The number of rotatable bonds is 3. The van der Waals surface area contributed by atoms with Crippen molar-refractivity contribution in [3.63, 3.8) is 0 Å². The number of benzene rings is 1. The van der Waals surface area contributed by atoms with Crippen LogP contribution in [-0.2, 0) is 6.42 Å². The zero-order valence-corrected chi connectivity index (χ0v) is 10.0. The zero-order chi connectivity index (χ0) is 13.1. The Hall–Kier alpha value is -1.81. The number of nitrogens with two attached hydrogens (primary N) is 1. The lowest BCUT2D eigenvalue weighted by atomic mass is 10.00. The minimum atomic E-state index is -0.580. The van der Waals surface area contributed by atoms with Gasteiger partial charge in [0, 0.05) is 24.0 Å². The van der Waals surface area contributed by atoms with Crippen molar-refractivity contribution >= 4 is 0 Å². The first-order valence-corrected chi connectivity index (χ1v) is 5.67. The predicted octanol–water partition coefficient (Wildman–Crippen LogP) is 2.91. The lowest BCUT2D eigenvalue weighted by molar-refractivity contribution is 0.576. The molecular formula is C14H14F2N2. The van der Waals surface area contributed by atoms with E-state index in [1.54, 1.807) is 6.20 Å². The highest BCUT2D eigenvalue weighted by atomic mass is 19.1. The first-order valence-electron chi connectivity index (χ1n) is 5.67. The number of nitrogens with zero attached hydrogens (tertiary/aromatic N) is 1. The van der Waals surface area contributed by atoms with Crippen LogP contribution < -0.4 is 5.73 Å². The van der Waals surface area contributed by atoms with E-state index in [0.717, 1.165) is 17.3 Å². The van der Waals surface area contributed by atoms with Gasteiger partial charge in [0.1, 0.15) is 11.6 Å². The smallest absolute Gasteiger partial charge is 0.126 e. The molecule has 0 aliphatic carbocycles. The second-order valence-electron chi connectivity index (χ2n) is 4.32. The van der Waals surface area contributed by atoms with Crippen LogP contribution >= 0.6 is 0 Å². The van der Waals surface area contributed by atoms with Crippen molar-refractivity contribution in [3.05, 3.63) is 65.0 Å². The number of hydrogen-bond acceptors (Lipinski definition) is 2. The maximum absolute atomic E-state index is 13.1. The Morgan fingerprint density at radius 1 is 1.17 bits per heavy atom. The molecular weight excluding hydrogens is 234 g/mol. The molecule has 0 saturated heterocycles. The molecule has 2 rings (SSSR count). The molecule has 0 aliphatic rings. The van der Waals surface area contributed by atoms with Gasteiger partial charge in [0.05, 0.1) is 0 Å². The summed E-state index contributed by atoms with van der Waals surface area (Å²) >= 11 is 0. The standard InChI is InChI=1S/C14H14F2N2/c1-9-4-11(2-3-18-9)14(17)7-10-5-12(15)8-13(16)6-10/h2-6,8,14H,7,17H2,1H3. The van der Waals surface area contributed by atoms with Crippen molar-refractivity contribution in [1.82, 2.24) is 4.98 Å². The summed E-state index contributed by atoms with van der Waals surface area (Å²) in [5.41, 5.74) is 8.35. The molecule has 1 aromatic heterocycles. The summed E-state index contributed by atoms with van der Waals surface area (Å²) in [7, 11) is 0. The van der Waals surface area contributed by atoms with E-state index in [-0.39, 0.29) is 6.04 Å². The second-order valence-corrected chi connectivity index (χ2v) is 4.32. The summed E-state index contributed by atoms with van der Waals surface area (Å²) < 4.78 is 26.1. The number of hydrogen-bond donors (Lipinski definition) is 1. The molecule has 0 saturated carbocycles. The molecule has 0 amide bonds. The van der Waals surface area contributed by atoms with Crippen molar-refractivity contribution in [2.75, 3.05) is 0 Å². The Morgan fingerprint density at radius 2 is 1.83 bits per heavy atom. The summed E-state index contributed by atoms with van der Waals surface area (Å²) in [5.74, 6) is -1.16. The second kappa shape index (κ2) is 5.23. The lowest BCUT2D eigenvalue weighted by Crippen LogP contribution is -2.14. The third-order valence-electron chi connectivity index (χ3n) is 2.73. The summed E-state index contributed by atoms with van der Waals surface area (Å²) in [6.45, 7) is 1.87. The van der Waals surface area contributed by atoms with Crippen LogP contribution in [0.3, 0.4) is 0 Å². The fourth-order valence-electron chi connectivity index (χ4n) is 1.90. The SMILES string of the molecule is Cc1cc(C(N)Cc2cc(F)cc(F)c2)ccn1. The highest BCUT2D eigenvalue weighted by Crippen LogP contribution is 2.18. The molecule has 0 radical (unpaired) electrons. The highest BCUT2D eigenvalue weighted by Gasteiger charge is 2.09. The van der Waals surface area contributed by atoms with E-state index < -0.39 is 11.6 Å². The minimum absolute atomic E-state index is 0.298. The van der Waals surface area contributed by atoms with Crippen LogP contribution in [0.15, 0.2) is 36.5 Å². The maximum atomic E-state index is 13.1. The van der Waals surface area contributed by atoms with Crippen LogP contribution in [0.2, 0.25) is 0 Å². The van der Waals surface area contributed by atoms with E-state index in [2.05, 4.69) is 4.98 Å². The minimum Gasteiger partial charge on any atom is -0.324 e. The van der Waals surface area contributed by atoms with Crippen LogP contribution in [0.1, 0.15) is 22.9 Å². The molecule has 0 aliphatic heterocycles. The molecule has 0 spiro atoms. The molecule has 1 heterocycles. The van der Waals surface area contributed by atoms with Gasteiger partial charge in [0.2, 0.25) is 0 Å². The quantitative estimate of drug-likeness (QED) is 0.907. The van der Waals surface area contributed by atoms with Crippen molar-refractivity contribution in [3.8, 4) is 0 Å². The molecule has 0 bridgehead atoms. The third kappa shape index (κ3) is 3.11. The maximum Gasteiger partial charge on any atom is 0.126 e. The summed E-state index contributed by atoms with van der Waals surface area (Å²) in [5, 5.41) is 0. The van der Waals surface area contributed by atoms with Gasteiger partial charge in [-0.1, -0.05) is 0 Å². The molecule has 4 heteroatoms. The van der Waals surface area contributed by atoms with Gasteiger partial charge >= 0.3 is 0 Å². The average molecular weight is 248 g/mol. The van der Waals surface area contributed by atoms with Gasteiger partial charge in [0.25, 0.3) is 0 Å². The molecule has 2 N–H and O–H groups in total. The Bertz CT molecular complexity index is 535. The van der Waals surface area contributed by atoms with Crippen molar-refractivity contribution in [1.29, 1.82) is 0 Å². The number of halogens is 2. The molecule has 1 unspecified atom stereocenters. The number of aryl methyl sites for hydroxylation is 1. The molecule has 18 heavy (non-hydrogen) atoms. The van der Waals surface area contributed by atoms with Gasteiger partial charge in [-0.05, 0) is 48.7 Å². The average Bonchev–Trinajstić information content (AvgIpc) is 2.27. The van der Waals surface area contributed by atoms with Crippen LogP contribution in [0.4, 0.5) is 8.78 Å². The van der Waals surface area contributed by atoms with Crippen molar-refractivity contribution in [2.45, 2.75) is 19.4 Å². The van der Waals surface area contributed by atoms with Crippen LogP contribution in [0.5, 0.6) is 0 Å². The third-order valence-corrected chi connectivity index (χ3v) is 2.73.